The van der Waals surface area contributed by atoms with Crippen LogP contribution in [0.5, 0.6) is 0 Å². The molecule has 0 aliphatic carbocycles. The van der Waals surface area contributed by atoms with Gasteiger partial charge in [0.1, 0.15) is 0 Å². The summed E-state index contributed by atoms with van der Waals surface area (Å²) in [5, 5.41) is 7.00. The number of hydrogen-bond donors (Lipinski definition) is 6. The SMILES string of the molecule is CCC(CCN)NCCCC(C)CN.CCC(N)CCNC(CC)CCN. The summed E-state index contributed by atoms with van der Waals surface area (Å²) in [4.78, 5) is 0. The molecular formula is C21H52N6. The van der Waals surface area contributed by atoms with Gasteiger partial charge < -0.3 is 33.6 Å². The minimum Gasteiger partial charge on any atom is -0.330 e. The van der Waals surface area contributed by atoms with Gasteiger partial charge in [-0.25, -0.2) is 0 Å². The van der Waals surface area contributed by atoms with Crippen molar-refractivity contribution in [2.75, 3.05) is 32.7 Å². The standard InChI is InChI=1S/C11H27N3.C10H25N3/c1-3-11(6-7-12)14-8-4-5-10(2)9-13;1-3-9(12)6-8-13-10(4-2)5-7-11/h10-11,14H,3-9,12-13H2,1-2H3;9-10,13H,3-8,11-12H2,1-2H3. The second kappa shape index (κ2) is 22.1. The Morgan fingerprint density at radius 3 is 1.63 bits per heavy atom. The van der Waals surface area contributed by atoms with Crippen LogP contribution in [0.3, 0.4) is 0 Å². The highest BCUT2D eigenvalue weighted by molar-refractivity contribution is 4.68. The summed E-state index contributed by atoms with van der Waals surface area (Å²) in [5.41, 5.74) is 22.4. The zero-order valence-electron chi connectivity index (χ0n) is 18.8. The highest BCUT2D eigenvalue weighted by Gasteiger charge is 2.05. The van der Waals surface area contributed by atoms with Gasteiger partial charge in [0, 0.05) is 18.1 Å². The van der Waals surface area contributed by atoms with E-state index in [1.165, 1.54) is 19.3 Å². The van der Waals surface area contributed by atoms with Gasteiger partial charge in [0.2, 0.25) is 0 Å². The molecule has 0 fully saturated rings. The molecule has 0 aromatic rings. The fourth-order valence-corrected chi connectivity index (χ4v) is 2.85. The topological polar surface area (TPSA) is 128 Å². The summed E-state index contributed by atoms with van der Waals surface area (Å²) in [5.74, 6) is 0.659. The molecule has 27 heavy (non-hydrogen) atoms. The summed E-state index contributed by atoms with van der Waals surface area (Å²) in [6, 6.07) is 1.53. The Kier molecular flexibility index (Phi) is 23.7. The largest absolute Gasteiger partial charge is 0.330 e. The van der Waals surface area contributed by atoms with E-state index in [0.29, 0.717) is 24.0 Å². The molecule has 6 heteroatoms. The highest BCUT2D eigenvalue weighted by atomic mass is 14.9. The van der Waals surface area contributed by atoms with Gasteiger partial charge in [0.25, 0.3) is 0 Å². The molecule has 166 valence electrons. The van der Waals surface area contributed by atoms with Gasteiger partial charge in [-0.05, 0) is 90.0 Å². The molecule has 0 saturated heterocycles. The van der Waals surface area contributed by atoms with E-state index in [1.807, 2.05) is 0 Å². The number of hydrogen-bond acceptors (Lipinski definition) is 6. The van der Waals surface area contributed by atoms with Crippen molar-refractivity contribution in [3.05, 3.63) is 0 Å². The Hall–Kier alpha value is -0.240. The Bertz CT molecular complexity index is 277. The van der Waals surface area contributed by atoms with Crippen LogP contribution in [-0.2, 0) is 0 Å². The average Bonchev–Trinajstić information content (AvgIpc) is 2.69. The molecule has 0 aromatic heterocycles. The van der Waals surface area contributed by atoms with Crippen LogP contribution < -0.4 is 33.6 Å². The molecule has 0 bridgehead atoms. The summed E-state index contributed by atoms with van der Waals surface area (Å²) >= 11 is 0. The lowest BCUT2D eigenvalue weighted by Gasteiger charge is -2.17. The lowest BCUT2D eigenvalue weighted by atomic mass is 10.1. The lowest BCUT2D eigenvalue weighted by Crippen LogP contribution is -2.34. The second-order valence-electron chi connectivity index (χ2n) is 7.71. The van der Waals surface area contributed by atoms with Crippen molar-refractivity contribution in [1.29, 1.82) is 0 Å². The maximum absolute atomic E-state index is 5.81. The number of rotatable bonds is 17. The maximum Gasteiger partial charge on any atom is 0.00764 e. The molecule has 0 amide bonds. The third-order valence-electron chi connectivity index (χ3n) is 5.20. The Morgan fingerprint density at radius 2 is 1.22 bits per heavy atom. The predicted molar refractivity (Wildman–Crippen MR) is 122 cm³/mol. The molecule has 0 aromatic carbocycles. The van der Waals surface area contributed by atoms with E-state index >= 15 is 0 Å². The molecular weight excluding hydrogens is 336 g/mol. The van der Waals surface area contributed by atoms with Gasteiger partial charge >= 0.3 is 0 Å². The summed E-state index contributed by atoms with van der Waals surface area (Å²) in [6.07, 6.45) is 9.05. The maximum atomic E-state index is 5.81. The molecule has 0 aliphatic rings. The van der Waals surface area contributed by atoms with Crippen LogP contribution in [-0.4, -0.2) is 50.8 Å². The van der Waals surface area contributed by atoms with Gasteiger partial charge in [-0.3, -0.25) is 0 Å². The molecule has 0 rings (SSSR count). The molecule has 0 spiro atoms. The van der Waals surface area contributed by atoms with Gasteiger partial charge in [-0.15, -0.1) is 0 Å². The van der Waals surface area contributed by atoms with Crippen LogP contribution in [0.25, 0.3) is 0 Å². The van der Waals surface area contributed by atoms with Crippen molar-refractivity contribution in [3.8, 4) is 0 Å². The first-order valence-electron chi connectivity index (χ1n) is 11.3. The zero-order chi connectivity index (χ0) is 20.9. The van der Waals surface area contributed by atoms with Crippen LogP contribution >= 0.6 is 0 Å². The Balaban J connectivity index is 0. The first-order valence-corrected chi connectivity index (χ1v) is 11.3. The van der Waals surface area contributed by atoms with E-state index in [1.54, 1.807) is 0 Å². The van der Waals surface area contributed by atoms with Crippen LogP contribution in [0, 0.1) is 5.92 Å². The third kappa shape index (κ3) is 20.3. The molecule has 10 N–H and O–H groups in total. The molecule has 0 heterocycles. The van der Waals surface area contributed by atoms with Gasteiger partial charge in [0.15, 0.2) is 0 Å². The zero-order valence-corrected chi connectivity index (χ0v) is 18.8. The smallest absolute Gasteiger partial charge is 0.00764 e. The van der Waals surface area contributed by atoms with Crippen molar-refractivity contribution in [1.82, 2.24) is 10.6 Å². The minimum absolute atomic E-state index is 0.350. The van der Waals surface area contributed by atoms with Crippen molar-refractivity contribution >= 4 is 0 Å². The minimum atomic E-state index is 0.350. The van der Waals surface area contributed by atoms with Gasteiger partial charge in [-0.2, -0.15) is 0 Å². The van der Waals surface area contributed by atoms with Gasteiger partial charge in [-0.1, -0.05) is 27.7 Å². The summed E-state index contributed by atoms with van der Waals surface area (Å²) < 4.78 is 0. The molecule has 6 nitrogen and oxygen atoms in total. The van der Waals surface area contributed by atoms with Crippen molar-refractivity contribution in [2.45, 2.75) is 97.2 Å². The fourth-order valence-electron chi connectivity index (χ4n) is 2.85. The second-order valence-corrected chi connectivity index (χ2v) is 7.71. The van der Waals surface area contributed by atoms with Crippen LogP contribution in [0.1, 0.15) is 79.1 Å². The molecule has 0 radical (unpaired) electrons. The Labute approximate surface area is 170 Å². The number of nitrogens with one attached hydrogen (secondary N) is 2. The van der Waals surface area contributed by atoms with Crippen molar-refractivity contribution in [2.24, 2.45) is 28.9 Å². The third-order valence-corrected chi connectivity index (χ3v) is 5.20. The van der Waals surface area contributed by atoms with E-state index in [4.69, 9.17) is 22.9 Å². The molecule has 0 saturated carbocycles. The quantitative estimate of drug-likeness (QED) is 0.211. The first kappa shape index (κ1) is 29.0. The number of nitrogens with two attached hydrogens (primary N) is 4. The van der Waals surface area contributed by atoms with E-state index < -0.39 is 0 Å². The van der Waals surface area contributed by atoms with Crippen LogP contribution in [0.2, 0.25) is 0 Å². The predicted octanol–water partition coefficient (Wildman–Crippen LogP) is 1.91. The fraction of sp³-hybridized carbons (Fsp3) is 1.00. The summed E-state index contributed by atoms with van der Waals surface area (Å²) in [6.45, 7) is 13.2. The molecule has 0 aliphatic heterocycles. The van der Waals surface area contributed by atoms with E-state index in [9.17, 15) is 0 Å². The van der Waals surface area contributed by atoms with Gasteiger partial charge in [0.05, 0.1) is 0 Å². The monoisotopic (exact) mass is 388 g/mol. The average molecular weight is 389 g/mol. The molecule has 4 atom stereocenters. The van der Waals surface area contributed by atoms with Crippen LogP contribution in [0.4, 0.5) is 0 Å². The first-order chi connectivity index (χ1) is 13.0. The highest BCUT2D eigenvalue weighted by Crippen LogP contribution is 2.03. The van der Waals surface area contributed by atoms with Crippen molar-refractivity contribution in [3.63, 3.8) is 0 Å². The summed E-state index contributed by atoms with van der Waals surface area (Å²) in [7, 11) is 0. The lowest BCUT2D eigenvalue weighted by molar-refractivity contribution is 0.440. The normalized spacial score (nSPS) is 15.6. The van der Waals surface area contributed by atoms with E-state index in [0.717, 1.165) is 64.8 Å². The molecule has 4 unspecified atom stereocenters. The van der Waals surface area contributed by atoms with E-state index in [-0.39, 0.29) is 0 Å². The van der Waals surface area contributed by atoms with E-state index in [2.05, 4.69) is 38.3 Å². The Morgan fingerprint density at radius 1 is 0.704 bits per heavy atom. The van der Waals surface area contributed by atoms with Crippen LogP contribution in [0.15, 0.2) is 0 Å². The van der Waals surface area contributed by atoms with Crippen molar-refractivity contribution < 1.29 is 0 Å².